The standard InChI is InChI=1S/C10H7F3O4/c1-5(14)17-8-3-2-6(10(11,12)13)4-7(8)9(15)16/h2-4H,1H3,(H,15,16). The van der Waals surface area contributed by atoms with Gasteiger partial charge in [0.2, 0.25) is 0 Å². The zero-order chi connectivity index (χ0) is 13.2. The minimum Gasteiger partial charge on any atom is -0.478 e. The molecule has 0 heterocycles. The van der Waals surface area contributed by atoms with Crippen molar-refractivity contribution in [3.05, 3.63) is 29.3 Å². The van der Waals surface area contributed by atoms with E-state index >= 15 is 0 Å². The average Bonchev–Trinajstić information content (AvgIpc) is 2.15. The molecule has 0 atom stereocenters. The Morgan fingerprint density at radius 3 is 2.29 bits per heavy atom. The molecule has 0 saturated heterocycles. The number of esters is 1. The fourth-order valence-electron chi connectivity index (χ4n) is 1.12. The molecule has 7 heteroatoms. The number of hydrogen-bond donors (Lipinski definition) is 1. The van der Waals surface area contributed by atoms with Crippen LogP contribution in [0.3, 0.4) is 0 Å². The second kappa shape index (κ2) is 4.44. The van der Waals surface area contributed by atoms with E-state index in [0.717, 1.165) is 13.0 Å². The summed E-state index contributed by atoms with van der Waals surface area (Å²) in [5, 5.41) is 8.71. The zero-order valence-electron chi connectivity index (χ0n) is 8.54. The fourth-order valence-corrected chi connectivity index (χ4v) is 1.12. The number of carboxylic acid groups (broad SMARTS) is 1. The maximum atomic E-state index is 12.3. The van der Waals surface area contributed by atoms with E-state index in [1.54, 1.807) is 0 Å². The van der Waals surface area contributed by atoms with Gasteiger partial charge in [-0.1, -0.05) is 0 Å². The smallest absolute Gasteiger partial charge is 0.416 e. The normalized spacial score (nSPS) is 11.1. The SMILES string of the molecule is CC(=O)Oc1ccc(C(F)(F)F)cc1C(=O)O. The molecule has 0 aliphatic heterocycles. The van der Waals surface area contributed by atoms with Crippen molar-refractivity contribution < 1.29 is 32.6 Å². The van der Waals surface area contributed by atoms with Crippen LogP contribution in [0.15, 0.2) is 18.2 Å². The molecule has 4 nitrogen and oxygen atoms in total. The van der Waals surface area contributed by atoms with E-state index in [1.807, 2.05) is 0 Å². The van der Waals surface area contributed by atoms with Gasteiger partial charge in [0.05, 0.1) is 5.56 Å². The molecule has 0 unspecified atom stereocenters. The number of rotatable bonds is 2. The molecule has 1 aromatic carbocycles. The molecular formula is C10H7F3O4. The van der Waals surface area contributed by atoms with Crippen LogP contribution in [0.2, 0.25) is 0 Å². The highest BCUT2D eigenvalue weighted by Crippen LogP contribution is 2.32. The lowest BCUT2D eigenvalue weighted by Gasteiger charge is -2.10. The van der Waals surface area contributed by atoms with Crippen LogP contribution in [-0.2, 0) is 11.0 Å². The molecule has 17 heavy (non-hydrogen) atoms. The molecule has 1 rings (SSSR count). The van der Waals surface area contributed by atoms with Gasteiger partial charge < -0.3 is 9.84 Å². The Labute approximate surface area is 93.6 Å². The number of hydrogen-bond acceptors (Lipinski definition) is 3. The summed E-state index contributed by atoms with van der Waals surface area (Å²) in [5.41, 5.74) is -1.83. The summed E-state index contributed by atoms with van der Waals surface area (Å²) < 4.78 is 41.5. The van der Waals surface area contributed by atoms with Crippen molar-refractivity contribution in [1.82, 2.24) is 0 Å². The summed E-state index contributed by atoms with van der Waals surface area (Å²) in [6, 6.07) is 1.86. The molecule has 0 saturated carbocycles. The predicted octanol–water partition coefficient (Wildman–Crippen LogP) is 2.33. The lowest BCUT2D eigenvalue weighted by atomic mass is 10.1. The van der Waals surface area contributed by atoms with Gasteiger partial charge in [0.15, 0.2) is 0 Å². The summed E-state index contributed by atoms with van der Waals surface area (Å²) in [6.45, 7) is 1.02. The first-order valence-corrected chi connectivity index (χ1v) is 4.35. The predicted molar refractivity (Wildman–Crippen MR) is 49.7 cm³/mol. The summed E-state index contributed by atoms with van der Waals surface area (Å²) in [6.07, 6.45) is -4.65. The van der Waals surface area contributed by atoms with Crippen LogP contribution in [0.1, 0.15) is 22.8 Å². The Kier molecular flexibility index (Phi) is 3.40. The second-order valence-electron chi connectivity index (χ2n) is 3.11. The van der Waals surface area contributed by atoms with E-state index in [1.165, 1.54) is 0 Å². The van der Waals surface area contributed by atoms with E-state index in [0.29, 0.717) is 12.1 Å². The number of alkyl halides is 3. The van der Waals surface area contributed by atoms with Gasteiger partial charge in [0.1, 0.15) is 11.3 Å². The zero-order valence-corrected chi connectivity index (χ0v) is 8.54. The highest BCUT2D eigenvalue weighted by Gasteiger charge is 2.32. The molecule has 0 amide bonds. The third-order valence-corrected chi connectivity index (χ3v) is 1.79. The van der Waals surface area contributed by atoms with E-state index in [-0.39, 0.29) is 0 Å². The second-order valence-corrected chi connectivity index (χ2v) is 3.11. The van der Waals surface area contributed by atoms with Crippen LogP contribution in [0, 0.1) is 0 Å². The number of aromatic carboxylic acids is 1. The number of carbonyl (C=O) groups is 2. The largest absolute Gasteiger partial charge is 0.478 e. The molecular weight excluding hydrogens is 241 g/mol. The van der Waals surface area contributed by atoms with Crippen molar-refractivity contribution in [3.8, 4) is 5.75 Å². The summed E-state index contributed by atoms with van der Waals surface area (Å²) in [5.74, 6) is -2.84. The molecule has 0 fully saturated rings. The number of benzene rings is 1. The average molecular weight is 248 g/mol. The van der Waals surface area contributed by atoms with Gasteiger partial charge in [-0.2, -0.15) is 13.2 Å². The summed E-state index contributed by atoms with van der Waals surface area (Å²) in [7, 11) is 0. The molecule has 0 spiro atoms. The van der Waals surface area contributed by atoms with Gasteiger partial charge in [-0.05, 0) is 18.2 Å². The minimum atomic E-state index is -4.65. The van der Waals surface area contributed by atoms with E-state index in [4.69, 9.17) is 5.11 Å². The fraction of sp³-hybridized carbons (Fsp3) is 0.200. The number of ether oxygens (including phenoxy) is 1. The van der Waals surface area contributed by atoms with E-state index < -0.39 is 35.0 Å². The quantitative estimate of drug-likeness (QED) is 0.644. The lowest BCUT2D eigenvalue weighted by Crippen LogP contribution is -2.11. The number of halogens is 3. The van der Waals surface area contributed by atoms with Gasteiger partial charge in [-0.15, -0.1) is 0 Å². The Morgan fingerprint density at radius 1 is 1.29 bits per heavy atom. The third kappa shape index (κ3) is 3.20. The third-order valence-electron chi connectivity index (χ3n) is 1.79. The Balaban J connectivity index is 3.27. The number of carboxylic acids is 1. The van der Waals surface area contributed by atoms with Crippen LogP contribution in [0.5, 0.6) is 5.75 Å². The Bertz CT molecular complexity index is 465. The maximum absolute atomic E-state index is 12.3. The molecule has 0 aliphatic rings. The number of carbonyl (C=O) groups excluding carboxylic acids is 1. The maximum Gasteiger partial charge on any atom is 0.416 e. The molecule has 0 aromatic heterocycles. The molecule has 0 bridgehead atoms. The van der Waals surface area contributed by atoms with Gasteiger partial charge in [-0.25, -0.2) is 4.79 Å². The van der Waals surface area contributed by atoms with Crippen LogP contribution < -0.4 is 4.74 Å². The first-order valence-electron chi connectivity index (χ1n) is 4.35. The van der Waals surface area contributed by atoms with Crippen molar-refractivity contribution in [3.63, 3.8) is 0 Å². The lowest BCUT2D eigenvalue weighted by molar-refractivity contribution is -0.137. The highest BCUT2D eigenvalue weighted by atomic mass is 19.4. The Morgan fingerprint density at radius 2 is 1.88 bits per heavy atom. The van der Waals surface area contributed by atoms with Crippen molar-refractivity contribution >= 4 is 11.9 Å². The first-order chi connectivity index (χ1) is 7.71. The molecule has 0 radical (unpaired) electrons. The van der Waals surface area contributed by atoms with Gasteiger partial charge in [0, 0.05) is 6.92 Å². The monoisotopic (exact) mass is 248 g/mol. The summed E-state index contributed by atoms with van der Waals surface area (Å²) in [4.78, 5) is 21.4. The first kappa shape index (κ1) is 13.0. The van der Waals surface area contributed by atoms with Crippen LogP contribution in [-0.4, -0.2) is 17.0 Å². The molecule has 92 valence electrons. The minimum absolute atomic E-state index is 0.417. The van der Waals surface area contributed by atoms with Crippen LogP contribution in [0.4, 0.5) is 13.2 Å². The van der Waals surface area contributed by atoms with Crippen LogP contribution in [0.25, 0.3) is 0 Å². The summed E-state index contributed by atoms with van der Waals surface area (Å²) >= 11 is 0. The van der Waals surface area contributed by atoms with Gasteiger partial charge in [0.25, 0.3) is 0 Å². The van der Waals surface area contributed by atoms with E-state index in [2.05, 4.69) is 4.74 Å². The highest BCUT2D eigenvalue weighted by molar-refractivity contribution is 5.92. The van der Waals surface area contributed by atoms with Crippen molar-refractivity contribution in [2.45, 2.75) is 13.1 Å². The van der Waals surface area contributed by atoms with Crippen LogP contribution >= 0.6 is 0 Å². The molecule has 0 aliphatic carbocycles. The van der Waals surface area contributed by atoms with Gasteiger partial charge >= 0.3 is 18.1 Å². The topological polar surface area (TPSA) is 63.6 Å². The van der Waals surface area contributed by atoms with E-state index in [9.17, 15) is 22.8 Å². The van der Waals surface area contributed by atoms with Crippen molar-refractivity contribution in [2.24, 2.45) is 0 Å². The van der Waals surface area contributed by atoms with Crippen molar-refractivity contribution in [2.75, 3.05) is 0 Å². The van der Waals surface area contributed by atoms with Crippen molar-refractivity contribution in [1.29, 1.82) is 0 Å². The molecule has 1 aromatic rings. The Hall–Kier alpha value is -2.05. The molecule has 1 N–H and O–H groups in total. The van der Waals surface area contributed by atoms with Gasteiger partial charge in [-0.3, -0.25) is 4.79 Å².